The van der Waals surface area contributed by atoms with E-state index in [1.165, 1.54) is 32.1 Å². The third-order valence-corrected chi connectivity index (χ3v) is 5.73. The molecule has 0 aromatic carbocycles. The van der Waals surface area contributed by atoms with Gasteiger partial charge < -0.3 is 10.4 Å². The lowest BCUT2D eigenvalue weighted by Gasteiger charge is -2.20. The molecule has 2 aromatic rings. The Hall–Kier alpha value is -1.60. The normalized spacial score (nSPS) is 15.7. The lowest BCUT2D eigenvalue weighted by atomic mass is 10.0. The second-order valence-corrected chi connectivity index (χ2v) is 7.56. The highest BCUT2D eigenvalue weighted by atomic mass is 32.2. The minimum atomic E-state index is -0.128. The van der Waals surface area contributed by atoms with E-state index in [1.807, 2.05) is 11.8 Å². The molecule has 0 radical (unpaired) electrons. The molecule has 7 heteroatoms. The minimum absolute atomic E-state index is 0.0699. The summed E-state index contributed by atoms with van der Waals surface area (Å²) in [4.78, 5) is 16.6. The summed E-state index contributed by atoms with van der Waals surface area (Å²) in [5.74, 6) is 0.820. The number of carbonyl (C=O) groups excluding carboxylic acids is 1. The van der Waals surface area contributed by atoms with Crippen molar-refractivity contribution >= 4 is 23.3 Å². The molecule has 0 spiro atoms. The van der Waals surface area contributed by atoms with Gasteiger partial charge in [-0.25, -0.2) is 9.50 Å². The number of nitrogens with one attached hydrogen (secondary N) is 1. The third-order valence-electron chi connectivity index (χ3n) is 4.35. The summed E-state index contributed by atoms with van der Waals surface area (Å²) >= 11 is 1.97. The maximum atomic E-state index is 12.3. The standard InChI is InChI=1S/C17H24N4O2S/c22-8-6-13-10-19-16-15(11-20-21(16)12-13)17(23)18-7-9-24-14-4-2-1-3-5-14/h10-12,14,22H,1-9H2,(H,18,23). The zero-order valence-electron chi connectivity index (χ0n) is 13.8. The van der Waals surface area contributed by atoms with Crippen molar-refractivity contribution in [3.8, 4) is 0 Å². The van der Waals surface area contributed by atoms with Crippen LogP contribution in [0.2, 0.25) is 0 Å². The SMILES string of the molecule is O=C(NCCSC1CCCCC1)c1cnn2cc(CCO)cnc12. The van der Waals surface area contributed by atoms with Crippen molar-refractivity contribution in [2.75, 3.05) is 18.9 Å². The van der Waals surface area contributed by atoms with E-state index >= 15 is 0 Å². The second-order valence-electron chi connectivity index (χ2n) is 6.15. The van der Waals surface area contributed by atoms with Crippen molar-refractivity contribution in [2.45, 2.75) is 43.8 Å². The summed E-state index contributed by atoms with van der Waals surface area (Å²) in [6.07, 6.45) is 12.2. The van der Waals surface area contributed by atoms with Gasteiger partial charge in [-0.1, -0.05) is 19.3 Å². The molecule has 0 aliphatic heterocycles. The Labute approximate surface area is 146 Å². The Kier molecular flexibility index (Phi) is 6.09. The summed E-state index contributed by atoms with van der Waals surface area (Å²) in [6, 6.07) is 0. The average Bonchev–Trinajstić information content (AvgIpc) is 3.03. The van der Waals surface area contributed by atoms with Crippen LogP contribution >= 0.6 is 11.8 Å². The molecule has 2 aromatic heterocycles. The number of carbonyl (C=O) groups is 1. The molecule has 0 atom stereocenters. The van der Waals surface area contributed by atoms with Crippen LogP contribution in [0.4, 0.5) is 0 Å². The number of amides is 1. The summed E-state index contributed by atoms with van der Waals surface area (Å²) in [5.41, 5.74) is 1.94. The number of aromatic nitrogens is 3. The fraction of sp³-hybridized carbons (Fsp3) is 0.588. The van der Waals surface area contributed by atoms with Crippen molar-refractivity contribution in [1.82, 2.24) is 19.9 Å². The third kappa shape index (κ3) is 4.27. The predicted molar refractivity (Wildman–Crippen MR) is 95.4 cm³/mol. The lowest BCUT2D eigenvalue weighted by Crippen LogP contribution is -2.26. The monoisotopic (exact) mass is 348 g/mol. The lowest BCUT2D eigenvalue weighted by molar-refractivity contribution is 0.0957. The number of hydrogen-bond acceptors (Lipinski definition) is 5. The van der Waals surface area contributed by atoms with Gasteiger partial charge in [0, 0.05) is 36.5 Å². The van der Waals surface area contributed by atoms with Gasteiger partial charge in [0.25, 0.3) is 5.91 Å². The van der Waals surface area contributed by atoms with Crippen LogP contribution in [-0.4, -0.2) is 49.8 Å². The number of aliphatic hydroxyl groups is 1. The van der Waals surface area contributed by atoms with Crippen LogP contribution in [0.15, 0.2) is 18.6 Å². The Morgan fingerprint density at radius 3 is 2.96 bits per heavy atom. The Morgan fingerprint density at radius 2 is 2.17 bits per heavy atom. The molecule has 0 saturated heterocycles. The van der Waals surface area contributed by atoms with Crippen molar-refractivity contribution in [3.05, 3.63) is 29.7 Å². The topological polar surface area (TPSA) is 79.5 Å². The molecule has 2 heterocycles. The zero-order valence-corrected chi connectivity index (χ0v) is 14.6. The van der Waals surface area contributed by atoms with E-state index in [-0.39, 0.29) is 12.5 Å². The van der Waals surface area contributed by atoms with E-state index in [0.717, 1.165) is 16.6 Å². The average molecular weight is 348 g/mol. The first-order valence-electron chi connectivity index (χ1n) is 8.61. The van der Waals surface area contributed by atoms with E-state index in [0.29, 0.717) is 24.2 Å². The van der Waals surface area contributed by atoms with Crippen LogP contribution in [0.1, 0.15) is 48.0 Å². The molecular formula is C17H24N4O2S. The van der Waals surface area contributed by atoms with Gasteiger partial charge in [0.15, 0.2) is 5.65 Å². The first-order chi connectivity index (χ1) is 11.8. The minimum Gasteiger partial charge on any atom is -0.396 e. The first kappa shape index (κ1) is 17.2. The molecule has 6 nitrogen and oxygen atoms in total. The number of aliphatic hydroxyl groups excluding tert-OH is 1. The molecule has 1 aliphatic carbocycles. The van der Waals surface area contributed by atoms with Gasteiger partial charge >= 0.3 is 0 Å². The van der Waals surface area contributed by atoms with Crippen LogP contribution < -0.4 is 5.32 Å². The number of fused-ring (bicyclic) bond motifs is 1. The molecule has 1 aliphatic rings. The van der Waals surface area contributed by atoms with E-state index < -0.39 is 0 Å². The molecule has 1 fully saturated rings. The van der Waals surface area contributed by atoms with Crippen LogP contribution in [0, 0.1) is 0 Å². The molecule has 3 rings (SSSR count). The largest absolute Gasteiger partial charge is 0.396 e. The highest BCUT2D eigenvalue weighted by molar-refractivity contribution is 7.99. The summed E-state index contributed by atoms with van der Waals surface area (Å²) < 4.78 is 1.59. The van der Waals surface area contributed by atoms with Gasteiger partial charge in [0.2, 0.25) is 0 Å². The number of nitrogens with zero attached hydrogens (tertiary/aromatic N) is 3. The first-order valence-corrected chi connectivity index (χ1v) is 9.65. The summed E-state index contributed by atoms with van der Waals surface area (Å²) in [6.45, 7) is 0.737. The molecule has 2 N–H and O–H groups in total. The molecule has 0 bridgehead atoms. The van der Waals surface area contributed by atoms with Gasteiger partial charge in [0.1, 0.15) is 5.56 Å². The maximum Gasteiger partial charge on any atom is 0.256 e. The molecule has 1 amide bonds. The second kappa shape index (κ2) is 8.48. The van der Waals surface area contributed by atoms with Crippen LogP contribution in [0.5, 0.6) is 0 Å². The maximum absolute atomic E-state index is 12.3. The Morgan fingerprint density at radius 1 is 1.33 bits per heavy atom. The number of hydrogen-bond donors (Lipinski definition) is 2. The number of thioether (sulfide) groups is 1. The summed E-state index contributed by atoms with van der Waals surface area (Å²) in [5, 5.41) is 16.9. The van der Waals surface area contributed by atoms with Gasteiger partial charge in [-0.05, 0) is 24.8 Å². The van der Waals surface area contributed by atoms with E-state index in [1.54, 1.807) is 23.1 Å². The quantitative estimate of drug-likeness (QED) is 0.749. The van der Waals surface area contributed by atoms with E-state index in [4.69, 9.17) is 5.11 Å². The van der Waals surface area contributed by atoms with Crippen LogP contribution in [0.3, 0.4) is 0 Å². The Bertz CT molecular complexity index is 682. The van der Waals surface area contributed by atoms with Crippen molar-refractivity contribution in [1.29, 1.82) is 0 Å². The van der Waals surface area contributed by atoms with E-state index in [2.05, 4.69) is 15.4 Å². The van der Waals surface area contributed by atoms with Crippen molar-refractivity contribution in [3.63, 3.8) is 0 Å². The summed E-state index contributed by atoms with van der Waals surface area (Å²) in [7, 11) is 0. The highest BCUT2D eigenvalue weighted by Crippen LogP contribution is 2.27. The van der Waals surface area contributed by atoms with Gasteiger partial charge in [-0.15, -0.1) is 0 Å². The van der Waals surface area contributed by atoms with Gasteiger partial charge in [-0.2, -0.15) is 16.9 Å². The smallest absolute Gasteiger partial charge is 0.256 e. The predicted octanol–water partition coefficient (Wildman–Crippen LogP) is 2.06. The van der Waals surface area contributed by atoms with Gasteiger partial charge in [-0.3, -0.25) is 4.79 Å². The van der Waals surface area contributed by atoms with Crippen LogP contribution in [-0.2, 0) is 6.42 Å². The molecule has 24 heavy (non-hydrogen) atoms. The fourth-order valence-electron chi connectivity index (χ4n) is 3.05. The molecule has 130 valence electrons. The van der Waals surface area contributed by atoms with Crippen LogP contribution in [0.25, 0.3) is 5.65 Å². The van der Waals surface area contributed by atoms with Crippen molar-refractivity contribution < 1.29 is 9.90 Å². The Balaban J connectivity index is 1.52. The van der Waals surface area contributed by atoms with Gasteiger partial charge in [0.05, 0.1) is 6.20 Å². The fourth-order valence-corrected chi connectivity index (χ4v) is 4.27. The molecular weight excluding hydrogens is 324 g/mol. The van der Waals surface area contributed by atoms with E-state index in [9.17, 15) is 4.79 Å². The highest BCUT2D eigenvalue weighted by Gasteiger charge is 2.15. The molecule has 1 saturated carbocycles. The zero-order chi connectivity index (χ0) is 16.8. The number of rotatable bonds is 7. The molecule has 0 unspecified atom stereocenters. The van der Waals surface area contributed by atoms with Crippen molar-refractivity contribution in [2.24, 2.45) is 0 Å².